The van der Waals surface area contributed by atoms with Gasteiger partial charge in [-0.2, -0.15) is 5.10 Å². The minimum absolute atomic E-state index is 0.330. The maximum absolute atomic E-state index is 6.08. The number of nitrogens with two attached hydrogens (primary N) is 1. The van der Waals surface area contributed by atoms with Crippen molar-refractivity contribution in [1.29, 1.82) is 0 Å². The largest absolute Gasteiger partial charge is 0.382 e. The highest BCUT2D eigenvalue weighted by Crippen LogP contribution is 2.38. The summed E-state index contributed by atoms with van der Waals surface area (Å²) in [5.41, 5.74) is 7.81. The molecule has 0 spiro atoms. The van der Waals surface area contributed by atoms with E-state index in [4.69, 9.17) is 17.3 Å². The molecule has 2 heterocycles. The number of hydrogen-bond donors (Lipinski definition) is 2. The number of nitrogens with zero attached hydrogens (tertiary/aromatic N) is 1. The highest BCUT2D eigenvalue weighted by Gasteiger charge is 2.18. The third kappa shape index (κ3) is 1.75. The van der Waals surface area contributed by atoms with Gasteiger partial charge in [0.15, 0.2) is 0 Å². The molecule has 15 heavy (non-hydrogen) atoms. The van der Waals surface area contributed by atoms with Crippen molar-refractivity contribution in [3.05, 3.63) is 22.0 Å². The van der Waals surface area contributed by atoms with E-state index in [9.17, 15) is 0 Å². The molecule has 3 nitrogen and oxygen atoms in total. The van der Waals surface area contributed by atoms with Crippen molar-refractivity contribution in [1.82, 2.24) is 10.2 Å². The molecule has 0 amide bonds. The average Bonchev–Trinajstić information content (AvgIpc) is 2.71. The van der Waals surface area contributed by atoms with Crippen molar-refractivity contribution in [2.45, 2.75) is 19.8 Å². The monoisotopic (exact) mass is 241 g/mol. The van der Waals surface area contributed by atoms with E-state index in [0.717, 1.165) is 21.2 Å². The number of anilines is 1. The van der Waals surface area contributed by atoms with Gasteiger partial charge in [0, 0.05) is 5.56 Å². The number of hydrogen-bond acceptors (Lipinski definition) is 3. The van der Waals surface area contributed by atoms with Gasteiger partial charge < -0.3 is 5.73 Å². The Morgan fingerprint density at radius 1 is 1.53 bits per heavy atom. The van der Waals surface area contributed by atoms with Crippen LogP contribution in [0.15, 0.2) is 11.4 Å². The van der Waals surface area contributed by atoms with Crippen LogP contribution in [0, 0.1) is 0 Å². The van der Waals surface area contributed by atoms with E-state index in [0.29, 0.717) is 11.7 Å². The van der Waals surface area contributed by atoms with Crippen molar-refractivity contribution in [3.8, 4) is 10.6 Å². The SMILES string of the molecule is CC(C)c1c(N)n[nH]c1-c1sccc1Cl. The zero-order valence-electron chi connectivity index (χ0n) is 8.54. The molecule has 0 unspecified atom stereocenters. The number of nitrogens with one attached hydrogen (secondary N) is 1. The van der Waals surface area contributed by atoms with Crippen molar-refractivity contribution < 1.29 is 0 Å². The number of rotatable bonds is 2. The van der Waals surface area contributed by atoms with Gasteiger partial charge in [-0.25, -0.2) is 0 Å². The predicted molar refractivity (Wildman–Crippen MR) is 65.4 cm³/mol. The fraction of sp³-hybridized carbons (Fsp3) is 0.300. The summed E-state index contributed by atoms with van der Waals surface area (Å²) in [4.78, 5) is 1.00. The zero-order chi connectivity index (χ0) is 11.0. The molecular formula is C10H12ClN3S. The molecule has 0 atom stereocenters. The van der Waals surface area contributed by atoms with Crippen LogP contribution in [0.2, 0.25) is 5.02 Å². The normalized spacial score (nSPS) is 11.2. The molecule has 2 aromatic heterocycles. The second kappa shape index (κ2) is 3.87. The van der Waals surface area contributed by atoms with Crippen LogP contribution in [0.25, 0.3) is 10.6 Å². The van der Waals surface area contributed by atoms with Gasteiger partial charge in [-0.3, -0.25) is 5.10 Å². The Morgan fingerprint density at radius 3 is 2.80 bits per heavy atom. The second-order valence-corrected chi connectivity index (χ2v) is 4.97. The molecule has 5 heteroatoms. The van der Waals surface area contributed by atoms with Crippen LogP contribution < -0.4 is 5.73 Å². The molecule has 0 aliphatic carbocycles. The molecule has 0 fully saturated rings. The van der Waals surface area contributed by atoms with E-state index < -0.39 is 0 Å². The van der Waals surface area contributed by atoms with Crippen LogP contribution in [0.3, 0.4) is 0 Å². The molecule has 2 aromatic rings. The first-order chi connectivity index (χ1) is 7.11. The molecule has 80 valence electrons. The Morgan fingerprint density at radius 2 is 2.27 bits per heavy atom. The predicted octanol–water partition coefficient (Wildman–Crippen LogP) is 3.50. The summed E-state index contributed by atoms with van der Waals surface area (Å²) in [5, 5.41) is 9.68. The van der Waals surface area contributed by atoms with Gasteiger partial charge in [0.2, 0.25) is 0 Å². The standard InChI is InChI=1S/C10H12ClN3S/c1-5(2)7-8(13-14-10(7)12)9-6(11)3-4-15-9/h3-5H,1-2H3,(H3,12,13,14). The lowest BCUT2D eigenvalue weighted by atomic mass is 10.0. The lowest BCUT2D eigenvalue weighted by molar-refractivity contribution is 0.873. The minimum atomic E-state index is 0.330. The van der Waals surface area contributed by atoms with Crippen LogP contribution in [0.1, 0.15) is 25.3 Å². The summed E-state index contributed by atoms with van der Waals surface area (Å²) in [6.07, 6.45) is 0. The number of halogens is 1. The Labute approximate surface area is 97.3 Å². The molecule has 0 aliphatic heterocycles. The van der Waals surface area contributed by atoms with Gasteiger partial charge in [0.05, 0.1) is 15.6 Å². The second-order valence-electron chi connectivity index (χ2n) is 3.65. The zero-order valence-corrected chi connectivity index (χ0v) is 10.1. The summed E-state index contributed by atoms with van der Waals surface area (Å²) in [6, 6.07) is 1.88. The fourth-order valence-electron chi connectivity index (χ4n) is 1.59. The van der Waals surface area contributed by atoms with Gasteiger partial charge >= 0.3 is 0 Å². The van der Waals surface area contributed by atoms with Crippen molar-refractivity contribution >= 4 is 28.8 Å². The topological polar surface area (TPSA) is 54.7 Å². The third-order valence-corrected chi connectivity index (χ3v) is 3.61. The molecule has 0 bridgehead atoms. The smallest absolute Gasteiger partial charge is 0.149 e. The molecule has 3 N–H and O–H groups in total. The molecule has 0 saturated heterocycles. The van der Waals surface area contributed by atoms with E-state index in [1.807, 2.05) is 11.4 Å². The van der Waals surface area contributed by atoms with Gasteiger partial charge in [0.1, 0.15) is 5.82 Å². The van der Waals surface area contributed by atoms with Gasteiger partial charge in [-0.05, 0) is 17.4 Å². The number of thiophene rings is 1. The first kappa shape index (κ1) is 10.5. The number of H-pyrrole nitrogens is 1. The molecule has 0 radical (unpaired) electrons. The van der Waals surface area contributed by atoms with E-state index in [1.165, 1.54) is 0 Å². The Bertz CT molecular complexity index is 473. The van der Waals surface area contributed by atoms with Crippen molar-refractivity contribution in [3.63, 3.8) is 0 Å². The lowest BCUT2D eigenvalue weighted by Crippen LogP contribution is -1.94. The third-order valence-electron chi connectivity index (χ3n) is 2.26. The quantitative estimate of drug-likeness (QED) is 0.846. The average molecular weight is 242 g/mol. The number of aromatic amines is 1. The van der Waals surface area contributed by atoms with Gasteiger partial charge in [0.25, 0.3) is 0 Å². The molecule has 0 aliphatic rings. The summed E-state index contributed by atoms with van der Waals surface area (Å²) in [6.45, 7) is 4.18. The fourth-order valence-corrected chi connectivity index (χ4v) is 2.75. The van der Waals surface area contributed by atoms with E-state index in [-0.39, 0.29) is 0 Å². The summed E-state index contributed by atoms with van der Waals surface area (Å²) in [5.74, 6) is 0.890. The Hall–Kier alpha value is -1.00. The molecular weight excluding hydrogens is 230 g/mol. The summed E-state index contributed by atoms with van der Waals surface area (Å²) >= 11 is 7.67. The minimum Gasteiger partial charge on any atom is -0.382 e. The van der Waals surface area contributed by atoms with Crippen molar-refractivity contribution in [2.24, 2.45) is 0 Å². The summed E-state index contributed by atoms with van der Waals surface area (Å²) < 4.78 is 0. The van der Waals surface area contributed by atoms with E-state index in [1.54, 1.807) is 11.3 Å². The van der Waals surface area contributed by atoms with E-state index in [2.05, 4.69) is 24.0 Å². The maximum Gasteiger partial charge on any atom is 0.149 e. The molecule has 2 rings (SSSR count). The van der Waals surface area contributed by atoms with Crippen LogP contribution >= 0.6 is 22.9 Å². The van der Waals surface area contributed by atoms with Crippen molar-refractivity contribution in [2.75, 3.05) is 5.73 Å². The first-order valence-corrected chi connectivity index (χ1v) is 5.94. The van der Waals surface area contributed by atoms with Crippen LogP contribution in [0.5, 0.6) is 0 Å². The van der Waals surface area contributed by atoms with E-state index >= 15 is 0 Å². The summed E-state index contributed by atoms with van der Waals surface area (Å²) in [7, 11) is 0. The lowest BCUT2D eigenvalue weighted by Gasteiger charge is -2.05. The Balaban J connectivity index is 2.59. The van der Waals surface area contributed by atoms with Crippen LogP contribution in [-0.2, 0) is 0 Å². The highest BCUT2D eigenvalue weighted by molar-refractivity contribution is 7.14. The molecule has 0 aromatic carbocycles. The maximum atomic E-state index is 6.08. The highest BCUT2D eigenvalue weighted by atomic mass is 35.5. The van der Waals surface area contributed by atoms with Gasteiger partial charge in [-0.15, -0.1) is 11.3 Å². The van der Waals surface area contributed by atoms with Gasteiger partial charge in [-0.1, -0.05) is 25.4 Å². The van der Waals surface area contributed by atoms with Crippen LogP contribution in [0.4, 0.5) is 5.82 Å². The number of nitrogen functional groups attached to an aromatic ring is 1. The van der Waals surface area contributed by atoms with Crippen LogP contribution in [-0.4, -0.2) is 10.2 Å². The number of aromatic nitrogens is 2. The molecule has 0 saturated carbocycles. The first-order valence-electron chi connectivity index (χ1n) is 4.68. The Kier molecular flexibility index (Phi) is 2.71.